The molecule has 1 aromatic carbocycles. The van der Waals surface area contributed by atoms with E-state index in [9.17, 15) is 0 Å². The SMILES string of the molecule is CC1(C)C2CCC1(C)C(Oc1[c]cccc1)C2. The van der Waals surface area contributed by atoms with Crippen LogP contribution >= 0.6 is 0 Å². The zero-order valence-corrected chi connectivity index (χ0v) is 11.0. The van der Waals surface area contributed by atoms with Gasteiger partial charge in [-0.1, -0.05) is 39.0 Å². The van der Waals surface area contributed by atoms with Crippen LogP contribution in [0.25, 0.3) is 0 Å². The van der Waals surface area contributed by atoms with Crippen molar-refractivity contribution >= 4 is 0 Å². The molecule has 17 heavy (non-hydrogen) atoms. The predicted molar refractivity (Wildman–Crippen MR) is 68.9 cm³/mol. The summed E-state index contributed by atoms with van der Waals surface area (Å²) in [5, 5.41) is 0. The van der Waals surface area contributed by atoms with E-state index in [2.05, 4.69) is 26.8 Å². The van der Waals surface area contributed by atoms with Crippen LogP contribution in [-0.2, 0) is 0 Å². The molecule has 91 valence electrons. The lowest BCUT2D eigenvalue weighted by atomic mass is 9.70. The summed E-state index contributed by atoms with van der Waals surface area (Å²) >= 11 is 0. The van der Waals surface area contributed by atoms with Crippen molar-refractivity contribution in [3.63, 3.8) is 0 Å². The third-order valence-electron chi connectivity index (χ3n) is 5.66. The summed E-state index contributed by atoms with van der Waals surface area (Å²) in [5.41, 5.74) is 0.758. The fraction of sp³-hybridized carbons (Fsp3) is 0.625. The molecule has 0 aliphatic heterocycles. The van der Waals surface area contributed by atoms with E-state index in [1.165, 1.54) is 19.3 Å². The lowest BCUT2D eigenvalue weighted by molar-refractivity contribution is 0.0300. The second-order valence-corrected chi connectivity index (χ2v) is 6.44. The normalized spacial score (nSPS) is 38.3. The minimum absolute atomic E-state index is 0.335. The molecule has 1 nitrogen and oxygen atoms in total. The topological polar surface area (TPSA) is 9.23 Å². The molecule has 0 heterocycles. The molecule has 3 atom stereocenters. The summed E-state index contributed by atoms with van der Waals surface area (Å²) < 4.78 is 6.19. The van der Waals surface area contributed by atoms with Crippen LogP contribution in [0.2, 0.25) is 0 Å². The van der Waals surface area contributed by atoms with Crippen LogP contribution in [0.1, 0.15) is 40.0 Å². The molecule has 3 rings (SSSR count). The fourth-order valence-electron chi connectivity index (χ4n) is 3.91. The number of para-hydroxylation sites is 1. The molecular formula is C16H21O. The van der Waals surface area contributed by atoms with Crippen LogP contribution in [0.5, 0.6) is 5.75 Å². The highest BCUT2D eigenvalue weighted by Crippen LogP contribution is 2.66. The van der Waals surface area contributed by atoms with Gasteiger partial charge in [0.15, 0.2) is 0 Å². The second-order valence-electron chi connectivity index (χ2n) is 6.44. The van der Waals surface area contributed by atoms with E-state index < -0.39 is 0 Å². The monoisotopic (exact) mass is 229 g/mol. The summed E-state index contributed by atoms with van der Waals surface area (Å²) in [6, 6.07) is 11.1. The first-order valence-electron chi connectivity index (χ1n) is 6.67. The van der Waals surface area contributed by atoms with Crippen molar-refractivity contribution in [1.29, 1.82) is 0 Å². The maximum atomic E-state index is 6.19. The highest BCUT2D eigenvalue weighted by Gasteiger charge is 2.62. The Hall–Kier alpha value is -0.980. The standard InChI is InChI=1S/C16H21O/c1-15(2)12-9-10-16(15,3)14(11-12)17-13-7-5-4-6-8-13/h4-7,12,14H,9-11H2,1-3H3. The lowest BCUT2D eigenvalue weighted by Crippen LogP contribution is -2.38. The Morgan fingerprint density at radius 3 is 2.65 bits per heavy atom. The van der Waals surface area contributed by atoms with Gasteiger partial charge in [0.2, 0.25) is 0 Å². The molecule has 0 aromatic heterocycles. The average molecular weight is 229 g/mol. The van der Waals surface area contributed by atoms with E-state index in [1.807, 2.05) is 24.3 Å². The maximum Gasteiger partial charge on any atom is 0.127 e. The molecule has 2 aliphatic carbocycles. The van der Waals surface area contributed by atoms with Crippen molar-refractivity contribution < 1.29 is 4.74 Å². The van der Waals surface area contributed by atoms with Crippen molar-refractivity contribution in [2.75, 3.05) is 0 Å². The smallest absolute Gasteiger partial charge is 0.127 e. The van der Waals surface area contributed by atoms with Gasteiger partial charge in [0.25, 0.3) is 0 Å². The van der Waals surface area contributed by atoms with E-state index in [4.69, 9.17) is 4.74 Å². The molecule has 2 fully saturated rings. The molecule has 0 saturated heterocycles. The van der Waals surface area contributed by atoms with E-state index in [1.54, 1.807) is 0 Å². The molecule has 0 amide bonds. The Morgan fingerprint density at radius 2 is 2.12 bits per heavy atom. The predicted octanol–water partition coefficient (Wildman–Crippen LogP) is 4.08. The van der Waals surface area contributed by atoms with Gasteiger partial charge >= 0.3 is 0 Å². The Balaban J connectivity index is 1.83. The molecule has 0 N–H and O–H groups in total. The highest BCUT2D eigenvalue weighted by atomic mass is 16.5. The van der Waals surface area contributed by atoms with Crippen molar-refractivity contribution in [1.82, 2.24) is 0 Å². The van der Waals surface area contributed by atoms with Crippen LogP contribution < -0.4 is 4.74 Å². The van der Waals surface area contributed by atoms with Gasteiger partial charge in [-0.15, -0.1) is 0 Å². The summed E-state index contributed by atoms with van der Waals surface area (Å²) in [5.74, 6) is 1.74. The number of ether oxygens (including phenoxy) is 1. The third-order valence-corrected chi connectivity index (χ3v) is 5.66. The number of fused-ring (bicyclic) bond motifs is 2. The zero-order valence-electron chi connectivity index (χ0n) is 11.0. The molecular weight excluding hydrogens is 208 g/mol. The number of rotatable bonds is 2. The Morgan fingerprint density at radius 1 is 1.29 bits per heavy atom. The minimum Gasteiger partial charge on any atom is -0.489 e. The minimum atomic E-state index is 0.335. The first kappa shape index (κ1) is 11.1. The molecule has 1 aromatic rings. The maximum absolute atomic E-state index is 6.19. The third kappa shape index (κ3) is 1.44. The van der Waals surface area contributed by atoms with Gasteiger partial charge in [-0.2, -0.15) is 0 Å². The number of hydrogen-bond donors (Lipinski definition) is 0. The van der Waals surface area contributed by atoms with Crippen LogP contribution in [0, 0.1) is 22.8 Å². The van der Waals surface area contributed by atoms with Gasteiger partial charge < -0.3 is 4.74 Å². The van der Waals surface area contributed by atoms with E-state index in [0.29, 0.717) is 16.9 Å². The summed E-state index contributed by atoms with van der Waals surface area (Å²) in [7, 11) is 0. The van der Waals surface area contributed by atoms with Gasteiger partial charge in [-0.05, 0) is 36.7 Å². The van der Waals surface area contributed by atoms with E-state index >= 15 is 0 Å². The van der Waals surface area contributed by atoms with Crippen molar-refractivity contribution in [2.45, 2.75) is 46.1 Å². The quantitative estimate of drug-likeness (QED) is 0.742. The van der Waals surface area contributed by atoms with Crippen LogP contribution in [0.3, 0.4) is 0 Å². The summed E-state index contributed by atoms with van der Waals surface area (Å²) in [4.78, 5) is 0. The Labute approximate surface area is 104 Å². The zero-order chi connectivity index (χ0) is 12.1. The lowest BCUT2D eigenvalue weighted by Gasteiger charge is -2.38. The van der Waals surface area contributed by atoms with E-state index in [-0.39, 0.29) is 0 Å². The van der Waals surface area contributed by atoms with Crippen LogP contribution in [0.15, 0.2) is 24.3 Å². The van der Waals surface area contributed by atoms with Crippen molar-refractivity contribution in [3.8, 4) is 5.75 Å². The van der Waals surface area contributed by atoms with Crippen LogP contribution in [-0.4, -0.2) is 6.10 Å². The van der Waals surface area contributed by atoms with Crippen LogP contribution in [0.4, 0.5) is 0 Å². The molecule has 1 radical (unpaired) electrons. The fourth-order valence-corrected chi connectivity index (χ4v) is 3.91. The molecule has 2 bridgehead atoms. The van der Waals surface area contributed by atoms with Gasteiger partial charge in [0.1, 0.15) is 11.9 Å². The molecule has 2 saturated carbocycles. The summed E-state index contributed by atoms with van der Waals surface area (Å²) in [6.45, 7) is 7.25. The molecule has 2 aliphatic rings. The van der Waals surface area contributed by atoms with Crippen molar-refractivity contribution in [2.24, 2.45) is 16.7 Å². The van der Waals surface area contributed by atoms with Crippen molar-refractivity contribution in [3.05, 3.63) is 30.3 Å². The number of benzene rings is 1. The van der Waals surface area contributed by atoms with E-state index in [0.717, 1.165) is 11.7 Å². The van der Waals surface area contributed by atoms with Gasteiger partial charge in [-0.25, -0.2) is 0 Å². The first-order valence-corrected chi connectivity index (χ1v) is 6.67. The molecule has 3 unspecified atom stereocenters. The van der Waals surface area contributed by atoms with Gasteiger partial charge in [-0.3, -0.25) is 0 Å². The molecule has 0 spiro atoms. The highest BCUT2D eigenvalue weighted by molar-refractivity contribution is 5.22. The summed E-state index contributed by atoms with van der Waals surface area (Å²) in [6.07, 6.45) is 4.27. The average Bonchev–Trinajstić information content (AvgIpc) is 2.63. The number of hydrogen-bond acceptors (Lipinski definition) is 1. The Kier molecular flexibility index (Phi) is 2.30. The molecule has 1 heteroatoms. The Bertz CT molecular complexity index is 409. The second kappa shape index (κ2) is 3.51. The first-order chi connectivity index (χ1) is 8.04. The van der Waals surface area contributed by atoms with Gasteiger partial charge in [0.05, 0.1) is 0 Å². The largest absolute Gasteiger partial charge is 0.489 e. The van der Waals surface area contributed by atoms with Gasteiger partial charge in [0, 0.05) is 11.5 Å².